The zero-order chi connectivity index (χ0) is 19.5. The number of phenols is 1. The van der Waals surface area contributed by atoms with E-state index in [0.29, 0.717) is 6.54 Å². The molecule has 3 aromatic carbocycles. The molecule has 1 amide bonds. The molecule has 1 heterocycles. The molecular formula is C23H20FN2NaO2. The van der Waals surface area contributed by atoms with Crippen LogP contribution in [0.25, 0.3) is 10.9 Å². The SMILES string of the molecule is O=C(NCc1ccc2[nH]c(Cc3ccccc3)cc2c1)c1ccc(O)c(F)c1.[NaH]. The molecule has 4 aromatic rings. The Labute approximate surface area is 190 Å². The van der Waals surface area contributed by atoms with Crippen LogP contribution in [0.4, 0.5) is 4.39 Å². The summed E-state index contributed by atoms with van der Waals surface area (Å²) in [5.41, 5.74) is 4.53. The van der Waals surface area contributed by atoms with Crippen molar-refractivity contribution < 1.29 is 14.3 Å². The Bertz CT molecular complexity index is 1140. The molecule has 0 aliphatic heterocycles. The Morgan fingerprint density at radius 3 is 2.52 bits per heavy atom. The molecule has 142 valence electrons. The van der Waals surface area contributed by atoms with Gasteiger partial charge in [0.05, 0.1) is 0 Å². The molecule has 29 heavy (non-hydrogen) atoms. The Balaban J connectivity index is 0.00000240. The third-order valence-corrected chi connectivity index (χ3v) is 4.64. The summed E-state index contributed by atoms with van der Waals surface area (Å²) in [6, 6.07) is 21.9. The van der Waals surface area contributed by atoms with Crippen molar-refractivity contribution in [3.8, 4) is 5.75 Å². The van der Waals surface area contributed by atoms with Gasteiger partial charge in [-0.25, -0.2) is 4.39 Å². The van der Waals surface area contributed by atoms with Crippen molar-refractivity contribution in [2.75, 3.05) is 0 Å². The number of H-pyrrole nitrogens is 1. The fourth-order valence-corrected chi connectivity index (χ4v) is 3.20. The van der Waals surface area contributed by atoms with E-state index < -0.39 is 17.5 Å². The van der Waals surface area contributed by atoms with E-state index in [1.807, 2.05) is 36.4 Å². The van der Waals surface area contributed by atoms with Gasteiger partial charge in [-0.3, -0.25) is 4.79 Å². The molecule has 0 aliphatic carbocycles. The van der Waals surface area contributed by atoms with E-state index in [2.05, 4.69) is 28.5 Å². The van der Waals surface area contributed by atoms with E-state index in [0.717, 1.165) is 34.6 Å². The second-order valence-corrected chi connectivity index (χ2v) is 6.73. The zero-order valence-electron chi connectivity index (χ0n) is 15.1. The normalized spacial score (nSPS) is 10.5. The fraction of sp³-hybridized carbons (Fsp3) is 0.0870. The second-order valence-electron chi connectivity index (χ2n) is 6.73. The molecule has 3 N–H and O–H groups in total. The third-order valence-electron chi connectivity index (χ3n) is 4.64. The van der Waals surface area contributed by atoms with Gasteiger partial charge in [-0.05, 0) is 52.9 Å². The number of aromatic hydroxyl groups is 1. The quantitative estimate of drug-likeness (QED) is 0.447. The van der Waals surface area contributed by atoms with Crippen LogP contribution in [0.1, 0.15) is 27.2 Å². The van der Waals surface area contributed by atoms with Gasteiger partial charge >= 0.3 is 29.6 Å². The number of carbonyl (C=O) groups is 1. The van der Waals surface area contributed by atoms with Gasteiger partial charge in [0.2, 0.25) is 0 Å². The molecule has 0 atom stereocenters. The average Bonchev–Trinajstić information content (AvgIpc) is 3.10. The van der Waals surface area contributed by atoms with E-state index in [1.54, 1.807) is 0 Å². The molecular weight excluding hydrogens is 378 g/mol. The van der Waals surface area contributed by atoms with Crippen molar-refractivity contribution in [1.29, 1.82) is 0 Å². The van der Waals surface area contributed by atoms with E-state index in [9.17, 15) is 14.3 Å². The minimum absolute atomic E-state index is 0. The molecule has 0 spiro atoms. The summed E-state index contributed by atoms with van der Waals surface area (Å²) in [6.45, 7) is 0.330. The number of aromatic nitrogens is 1. The molecule has 0 unspecified atom stereocenters. The number of hydrogen-bond donors (Lipinski definition) is 3. The number of phenolic OH excluding ortho intramolecular Hbond substituents is 1. The van der Waals surface area contributed by atoms with E-state index in [4.69, 9.17) is 0 Å². The summed E-state index contributed by atoms with van der Waals surface area (Å²) in [4.78, 5) is 15.6. The van der Waals surface area contributed by atoms with Crippen molar-refractivity contribution in [3.63, 3.8) is 0 Å². The first-order valence-electron chi connectivity index (χ1n) is 9.00. The first kappa shape index (κ1) is 21.1. The van der Waals surface area contributed by atoms with Gasteiger partial charge in [0.1, 0.15) is 0 Å². The van der Waals surface area contributed by atoms with E-state index in [-0.39, 0.29) is 35.1 Å². The maximum atomic E-state index is 13.4. The standard InChI is InChI=1S/C23H19FN2O2.Na.H/c24-20-13-17(7-9-22(20)27)23(28)25-14-16-6-8-21-18(10-16)12-19(26-21)11-15-4-2-1-3-5-15;;/h1-10,12-13,26-27H,11,14H2,(H,25,28);;. The predicted octanol–water partition coefficient (Wildman–Crippen LogP) is 3.88. The van der Waals surface area contributed by atoms with Gasteiger partial charge in [0.15, 0.2) is 11.6 Å². The summed E-state index contributed by atoms with van der Waals surface area (Å²) in [5.74, 6) is -1.68. The molecule has 0 saturated heterocycles. The number of halogens is 1. The monoisotopic (exact) mass is 398 g/mol. The first-order chi connectivity index (χ1) is 13.6. The van der Waals surface area contributed by atoms with Crippen molar-refractivity contribution in [2.45, 2.75) is 13.0 Å². The van der Waals surface area contributed by atoms with Crippen LogP contribution in [0.3, 0.4) is 0 Å². The molecule has 0 bridgehead atoms. The zero-order valence-corrected chi connectivity index (χ0v) is 15.1. The summed E-state index contributed by atoms with van der Waals surface area (Å²) in [5, 5.41) is 13.1. The number of benzene rings is 3. The minimum atomic E-state index is -0.813. The van der Waals surface area contributed by atoms with Crippen LogP contribution in [0.2, 0.25) is 0 Å². The van der Waals surface area contributed by atoms with E-state index in [1.165, 1.54) is 17.7 Å². The van der Waals surface area contributed by atoms with Crippen LogP contribution in [0.5, 0.6) is 5.75 Å². The molecule has 6 heteroatoms. The Morgan fingerprint density at radius 2 is 1.76 bits per heavy atom. The van der Waals surface area contributed by atoms with Gasteiger partial charge in [0.25, 0.3) is 5.91 Å². The summed E-state index contributed by atoms with van der Waals surface area (Å²) < 4.78 is 13.4. The van der Waals surface area contributed by atoms with Crippen LogP contribution < -0.4 is 5.32 Å². The molecule has 0 radical (unpaired) electrons. The number of fused-ring (bicyclic) bond motifs is 1. The molecule has 4 nitrogen and oxygen atoms in total. The topological polar surface area (TPSA) is 65.1 Å². The average molecular weight is 398 g/mol. The van der Waals surface area contributed by atoms with Crippen LogP contribution in [0, 0.1) is 5.82 Å². The third kappa shape index (κ3) is 5.07. The maximum absolute atomic E-state index is 13.4. The van der Waals surface area contributed by atoms with Gasteiger partial charge in [-0.15, -0.1) is 0 Å². The number of rotatable bonds is 5. The molecule has 0 saturated carbocycles. The molecule has 4 rings (SSSR count). The Morgan fingerprint density at radius 1 is 0.966 bits per heavy atom. The predicted molar refractivity (Wildman–Crippen MR) is 114 cm³/mol. The first-order valence-corrected chi connectivity index (χ1v) is 9.00. The van der Waals surface area contributed by atoms with Gasteiger partial charge in [-0.1, -0.05) is 36.4 Å². The van der Waals surface area contributed by atoms with Crippen molar-refractivity contribution in [2.24, 2.45) is 0 Å². The summed E-state index contributed by atoms with van der Waals surface area (Å²) >= 11 is 0. The second kappa shape index (κ2) is 9.27. The number of aromatic amines is 1. The van der Waals surface area contributed by atoms with E-state index >= 15 is 0 Å². The van der Waals surface area contributed by atoms with Crippen LogP contribution in [-0.2, 0) is 13.0 Å². The van der Waals surface area contributed by atoms with Crippen molar-refractivity contribution in [1.82, 2.24) is 10.3 Å². The van der Waals surface area contributed by atoms with Gasteiger partial charge in [0, 0.05) is 29.7 Å². The van der Waals surface area contributed by atoms with Crippen LogP contribution >= 0.6 is 0 Å². The van der Waals surface area contributed by atoms with Gasteiger partial charge < -0.3 is 15.4 Å². The summed E-state index contributed by atoms with van der Waals surface area (Å²) in [7, 11) is 0. The number of nitrogens with one attached hydrogen (secondary N) is 2. The summed E-state index contributed by atoms with van der Waals surface area (Å²) in [6.07, 6.45) is 0.827. The molecule has 0 aliphatic rings. The Hall–Kier alpha value is -2.60. The Kier molecular flexibility index (Phi) is 6.75. The molecule has 0 fully saturated rings. The molecule has 1 aromatic heterocycles. The van der Waals surface area contributed by atoms with Gasteiger partial charge in [-0.2, -0.15) is 0 Å². The van der Waals surface area contributed by atoms with Crippen molar-refractivity contribution >= 4 is 46.4 Å². The number of hydrogen-bond acceptors (Lipinski definition) is 2. The fourth-order valence-electron chi connectivity index (χ4n) is 3.20. The van der Waals surface area contributed by atoms with Crippen molar-refractivity contribution in [3.05, 3.63) is 101 Å². The number of carbonyl (C=O) groups excluding carboxylic acids is 1. The number of amides is 1. The van der Waals surface area contributed by atoms with Crippen LogP contribution in [-0.4, -0.2) is 45.6 Å². The van der Waals surface area contributed by atoms with Crippen LogP contribution in [0.15, 0.2) is 72.8 Å².